The van der Waals surface area contributed by atoms with Gasteiger partial charge in [-0.15, -0.1) is 0 Å². The summed E-state index contributed by atoms with van der Waals surface area (Å²) in [6, 6.07) is 0. The van der Waals surface area contributed by atoms with Gasteiger partial charge in [0.05, 0.1) is 18.8 Å². The Morgan fingerprint density at radius 1 is 1.19 bits per heavy atom. The van der Waals surface area contributed by atoms with Crippen LogP contribution < -0.4 is 5.32 Å². The minimum Gasteiger partial charge on any atom is -0.463 e. The molecule has 5 nitrogen and oxygen atoms in total. The summed E-state index contributed by atoms with van der Waals surface area (Å²) in [5.41, 5.74) is 1.20. The Hall–Kier alpha value is -1.52. The molecule has 1 aliphatic rings. The largest absolute Gasteiger partial charge is 0.463 e. The number of allylic oxidation sites excluding steroid dienone is 1. The molecule has 5 heteroatoms. The lowest BCUT2D eigenvalue weighted by molar-refractivity contribution is -0.138. The third kappa shape index (κ3) is 3.25. The van der Waals surface area contributed by atoms with E-state index in [2.05, 4.69) is 5.32 Å². The smallest absolute Gasteiger partial charge is 0.411 e. The third-order valence-corrected chi connectivity index (χ3v) is 2.27. The van der Waals surface area contributed by atoms with E-state index in [1.165, 1.54) is 0 Å². The Morgan fingerprint density at radius 3 is 2.50 bits per heavy atom. The maximum Gasteiger partial charge on any atom is 0.411 e. The second-order valence-electron chi connectivity index (χ2n) is 3.38. The average Bonchev–Trinajstić information content (AvgIpc) is 2.66. The number of hydrogen-bond acceptors (Lipinski definition) is 4. The van der Waals surface area contributed by atoms with Crippen molar-refractivity contribution >= 4 is 12.1 Å². The Bertz CT molecular complexity index is 309. The van der Waals surface area contributed by atoms with Gasteiger partial charge in [0.1, 0.15) is 0 Å². The van der Waals surface area contributed by atoms with Crippen molar-refractivity contribution in [1.82, 2.24) is 5.32 Å². The molecule has 16 heavy (non-hydrogen) atoms. The van der Waals surface area contributed by atoms with Crippen molar-refractivity contribution in [2.75, 3.05) is 13.2 Å². The summed E-state index contributed by atoms with van der Waals surface area (Å²) >= 11 is 0. The molecule has 0 aliphatic heterocycles. The van der Waals surface area contributed by atoms with Crippen LogP contribution in [0.5, 0.6) is 0 Å². The first-order valence-corrected chi connectivity index (χ1v) is 5.52. The van der Waals surface area contributed by atoms with E-state index in [1.54, 1.807) is 13.8 Å². The van der Waals surface area contributed by atoms with Crippen molar-refractivity contribution in [2.24, 2.45) is 0 Å². The van der Waals surface area contributed by atoms with E-state index < -0.39 is 6.09 Å². The highest BCUT2D eigenvalue weighted by molar-refractivity contribution is 5.90. The van der Waals surface area contributed by atoms with Gasteiger partial charge in [0.2, 0.25) is 0 Å². The zero-order chi connectivity index (χ0) is 12.0. The van der Waals surface area contributed by atoms with Crippen LogP contribution in [0.1, 0.15) is 33.1 Å². The van der Waals surface area contributed by atoms with E-state index in [4.69, 9.17) is 9.47 Å². The first-order valence-electron chi connectivity index (χ1n) is 5.52. The molecule has 0 radical (unpaired) electrons. The van der Waals surface area contributed by atoms with Gasteiger partial charge in [0, 0.05) is 5.70 Å². The van der Waals surface area contributed by atoms with E-state index in [-0.39, 0.29) is 5.97 Å². The maximum absolute atomic E-state index is 11.5. The van der Waals surface area contributed by atoms with Gasteiger partial charge in [-0.1, -0.05) is 0 Å². The standard InChI is InChI=1S/C11H17NO4/c1-3-15-10(13)8-6-5-7-9(8)12-11(14)16-4-2/h3-7H2,1-2H3,(H,12,14). The van der Waals surface area contributed by atoms with Gasteiger partial charge in [0.25, 0.3) is 0 Å². The second-order valence-corrected chi connectivity index (χ2v) is 3.38. The lowest BCUT2D eigenvalue weighted by Gasteiger charge is -2.08. The lowest BCUT2D eigenvalue weighted by atomic mass is 10.2. The van der Waals surface area contributed by atoms with Crippen molar-refractivity contribution in [3.8, 4) is 0 Å². The minimum atomic E-state index is -0.513. The van der Waals surface area contributed by atoms with Crippen LogP contribution in [0.2, 0.25) is 0 Å². The topological polar surface area (TPSA) is 64.6 Å². The fraction of sp³-hybridized carbons (Fsp3) is 0.636. The summed E-state index contributed by atoms with van der Waals surface area (Å²) in [6.07, 6.45) is 1.69. The normalized spacial score (nSPS) is 14.9. The molecule has 1 aliphatic carbocycles. The predicted molar refractivity (Wildman–Crippen MR) is 57.7 cm³/mol. The van der Waals surface area contributed by atoms with Gasteiger partial charge in [-0.2, -0.15) is 0 Å². The summed E-state index contributed by atoms with van der Waals surface area (Å²) in [5.74, 6) is -0.341. The molecule has 1 amide bonds. The SMILES string of the molecule is CCOC(=O)NC1=C(C(=O)OCC)CCC1. The third-order valence-electron chi connectivity index (χ3n) is 2.27. The number of carbonyl (C=O) groups is 2. The minimum absolute atomic E-state index is 0.313. The number of nitrogens with one attached hydrogen (secondary N) is 1. The van der Waals surface area contributed by atoms with Crippen LogP contribution in [-0.4, -0.2) is 25.3 Å². The Kier molecular flexibility index (Phi) is 4.82. The number of esters is 1. The molecular formula is C11H17NO4. The van der Waals surface area contributed by atoms with Crippen LogP contribution in [0.4, 0.5) is 4.79 Å². The lowest BCUT2D eigenvalue weighted by Crippen LogP contribution is -2.25. The fourth-order valence-corrected chi connectivity index (χ4v) is 1.62. The van der Waals surface area contributed by atoms with Crippen molar-refractivity contribution in [1.29, 1.82) is 0 Å². The molecule has 0 aromatic rings. The van der Waals surface area contributed by atoms with E-state index >= 15 is 0 Å². The van der Waals surface area contributed by atoms with Crippen molar-refractivity contribution < 1.29 is 19.1 Å². The fourth-order valence-electron chi connectivity index (χ4n) is 1.62. The highest BCUT2D eigenvalue weighted by Gasteiger charge is 2.23. The van der Waals surface area contributed by atoms with E-state index in [9.17, 15) is 9.59 Å². The van der Waals surface area contributed by atoms with Crippen LogP contribution in [0.3, 0.4) is 0 Å². The second kappa shape index (κ2) is 6.15. The number of rotatable bonds is 4. The zero-order valence-electron chi connectivity index (χ0n) is 9.67. The molecule has 0 bridgehead atoms. The van der Waals surface area contributed by atoms with E-state index in [1.807, 2.05) is 0 Å². The number of alkyl carbamates (subject to hydrolysis) is 1. The van der Waals surface area contributed by atoms with E-state index in [0.29, 0.717) is 37.3 Å². The summed E-state index contributed by atoms with van der Waals surface area (Å²) in [6.45, 7) is 4.14. The molecule has 0 heterocycles. The molecule has 0 aromatic heterocycles. The van der Waals surface area contributed by atoms with Gasteiger partial charge >= 0.3 is 12.1 Å². The molecule has 0 fully saturated rings. The molecular weight excluding hydrogens is 210 g/mol. The molecule has 1 rings (SSSR count). The molecule has 0 unspecified atom stereocenters. The first kappa shape index (κ1) is 12.5. The van der Waals surface area contributed by atoms with Crippen molar-refractivity contribution in [2.45, 2.75) is 33.1 Å². The molecule has 0 aromatic carbocycles. The quantitative estimate of drug-likeness (QED) is 0.743. The molecule has 0 saturated carbocycles. The summed E-state index contributed by atoms with van der Waals surface area (Å²) < 4.78 is 9.66. The predicted octanol–water partition coefficient (Wildman–Crippen LogP) is 1.73. The Morgan fingerprint density at radius 2 is 1.88 bits per heavy atom. The number of hydrogen-bond donors (Lipinski definition) is 1. The molecule has 0 atom stereocenters. The van der Waals surface area contributed by atoms with Gasteiger partial charge in [0.15, 0.2) is 0 Å². The Labute approximate surface area is 94.8 Å². The molecule has 90 valence electrons. The van der Waals surface area contributed by atoms with Gasteiger partial charge < -0.3 is 9.47 Å². The number of ether oxygens (including phenoxy) is 2. The highest BCUT2D eigenvalue weighted by atomic mass is 16.5. The van der Waals surface area contributed by atoms with Crippen LogP contribution in [0, 0.1) is 0 Å². The van der Waals surface area contributed by atoms with Crippen molar-refractivity contribution in [3.63, 3.8) is 0 Å². The van der Waals surface area contributed by atoms with E-state index in [0.717, 1.165) is 6.42 Å². The molecule has 1 N–H and O–H groups in total. The van der Waals surface area contributed by atoms with Gasteiger partial charge in [-0.3, -0.25) is 5.32 Å². The molecule has 0 saturated heterocycles. The molecule has 0 spiro atoms. The first-order chi connectivity index (χ1) is 7.69. The monoisotopic (exact) mass is 227 g/mol. The van der Waals surface area contributed by atoms with Crippen LogP contribution in [0.25, 0.3) is 0 Å². The van der Waals surface area contributed by atoms with Crippen molar-refractivity contribution in [3.05, 3.63) is 11.3 Å². The Balaban J connectivity index is 2.64. The average molecular weight is 227 g/mol. The highest BCUT2D eigenvalue weighted by Crippen LogP contribution is 2.25. The number of amides is 1. The van der Waals surface area contributed by atoms with Crippen LogP contribution >= 0.6 is 0 Å². The zero-order valence-corrected chi connectivity index (χ0v) is 9.67. The van der Waals surface area contributed by atoms with Crippen LogP contribution in [-0.2, 0) is 14.3 Å². The summed E-state index contributed by atoms with van der Waals surface area (Å²) in [4.78, 5) is 22.7. The van der Waals surface area contributed by atoms with Gasteiger partial charge in [-0.05, 0) is 33.1 Å². The summed E-state index contributed by atoms with van der Waals surface area (Å²) in [5, 5.41) is 2.59. The van der Waals surface area contributed by atoms with Gasteiger partial charge in [-0.25, -0.2) is 9.59 Å². The maximum atomic E-state index is 11.5. The summed E-state index contributed by atoms with van der Waals surface area (Å²) in [7, 11) is 0. The number of carbonyl (C=O) groups excluding carboxylic acids is 2. The van der Waals surface area contributed by atoms with Crippen LogP contribution in [0.15, 0.2) is 11.3 Å².